The Morgan fingerprint density at radius 3 is 2.71 bits per heavy atom. The lowest BCUT2D eigenvalue weighted by Gasteiger charge is -2.34. The molecule has 0 aromatic carbocycles. The van der Waals surface area contributed by atoms with Gasteiger partial charge in [0.1, 0.15) is 0 Å². The van der Waals surface area contributed by atoms with Crippen LogP contribution < -0.4 is 0 Å². The van der Waals surface area contributed by atoms with E-state index in [1.807, 2.05) is 4.90 Å². The molecule has 2 heterocycles. The Morgan fingerprint density at radius 2 is 2.00 bits per heavy atom. The van der Waals surface area contributed by atoms with Crippen LogP contribution in [0.4, 0.5) is 0 Å². The van der Waals surface area contributed by atoms with Gasteiger partial charge in [0, 0.05) is 26.2 Å². The highest BCUT2D eigenvalue weighted by Crippen LogP contribution is 2.10. The van der Waals surface area contributed by atoms with Gasteiger partial charge in [-0.15, -0.1) is 0 Å². The van der Waals surface area contributed by atoms with E-state index in [1.165, 1.54) is 6.42 Å². The summed E-state index contributed by atoms with van der Waals surface area (Å²) in [5.74, 6) is 0.225. The van der Waals surface area contributed by atoms with Crippen LogP contribution in [-0.2, 0) is 9.53 Å². The summed E-state index contributed by atoms with van der Waals surface area (Å²) in [7, 11) is 0. The molecule has 0 aromatic rings. The normalized spacial score (nSPS) is 27.1. The number of amides is 1. The molecule has 17 heavy (non-hydrogen) atoms. The van der Waals surface area contributed by atoms with E-state index >= 15 is 0 Å². The summed E-state index contributed by atoms with van der Waals surface area (Å²) < 4.78 is 5.37. The number of aliphatic hydroxyl groups excluding tert-OH is 1. The number of carbonyl (C=O) groups is 1. The Hall–Kier alpha value is -0.650. The number of hydrogen-bond acceptors (Lipinski definition) is 4. The molecule has 98 valence electrons. The predicted octanol–water partition coefficient (Wildman–Crippen LogP) is -0.308. The molecule has 2 rings (SSSR count). The van der Waals surface area contributed by atoms with Crippen molar-refractivity contribution in [3.63, 3.8) is 0 Å². The maximum Gasteiger partial charge on any atom is 0.236 e. The van der Waals surface area contributed by atoms with Crippen molar-refractivity contribution in [3.8, 4) is 0 Å². The highest BCUT2D eigenvalue weighted by atomic mass is 16.5. The molecule has 0 aromatic heterocycles. The van der Waals surface area contributed by atoms with Crippen LogP contribution in [0.2, 0.25) is 0 Å². The fraction of sp³-hybridized carbons (Fsp3) is 0.917. The van der Waals surface area contributed by atoms with E-state index in [0.717, 1.165) is 32.5 Å². The molecule has 5 nitrogen and oxygen atoms in total. The zero-order valence-corrected chi connectivity index (χ0v) is 10.3. The number of ether oxygens (including phenoxy) is 1. The second-order valence-corrected chi connectivity index (χ2v) is 4.85. The van der Waals surface area contributed by atoms with Gasteiger partial charge in [-0.25, -0.2) is 0 Å². The Labute approximate surface area is 102 Å². The minimum absolute atomic E-state index is 0.0361. The number of rotatable bonds is 3. The largest absolute Gasteiger partial charge is 0.394 e. The van der Waals surface area contributed by atoms with E-state index in [-0.39, 0.29) is 18.6 Å². The number of piperidine rings is 1. The fourth-order valence-corrected chi connectivity index (χ4v) is 2.47. The zero-order valence-electron chi connectivity index (χ0n) is 10.3. The first-order valence-electron chi connectivity index (χ1n) is 6.52. The van der Waals surface area contributed by atoms with Crippen molar-refractivity contribution in [3.05, 3.63) is 0 Å². The van der Waals surface area contributed by atoms with Gasteiger partial charge in [-0.3, -0.25) is 9.69 Å². The van der Waals surface area contributed by atoms with E-state index in [2.05, 4.69) is 4.90 Å². The second kappa shape index (κ2) is 6.33. The second-order valence-electron chi connectivity index (χ2n) is 4.85. The van der Waals surface area contributed by atoms with Crippen molar-refractivity contribution in [1.29, 1.82) is 0 Å². The van der Waals surface area contributed by atoms with Gasteiger partial charge >= 0.3 is 0 Å². The quantitative estimate of drug-likeness (QED) is 0.738. The van der Waals surface area contributed by atoms with Gasteiger partial charge in [-0.05, 0) is 19.3 Å². The van der Waals surface area contributed by atoms with Crippen molar-refractivity contribution in [2.24, 2.45) is 0 Å². The minimum atomic E-state index is -0.127. The average molecular weight is 242 g/mol. The van der Waals surface area contributed by atoms with Crippen molar-refractivity contribution in [2.45, 2.75) is 25.4 Å². The van der Waals surface area contributed by atoms with E-state index in [9.17, 15) is 4.79 Å². The van der Waals surface area contributed by atoms with Crippen LogP contribution in [0.25, 0.3) is 0 Å². The molecule has 5 heteroatoms. The number of nitrogens with zero attached hydrogens (tertiary/aromatic N) is 2. The third-order valence-electron chi connectivity index (χ3n) is 3.49. The van der Waals surface area contributed by atoms with E-state index in [1.54, 1.807) is 0 Å². The molecule has 0 spiro atoms. The van der Waals surface area contributed by atoms with Crippen LogP contribution in [-0.4, -0.2) is 72.9 Å². The first-order valence-corrected chi connectivity index (χ1v) is 6.52. The Kier molecular flexibility index (Phi) is 4.76. The fourth-order valence-electron chi connectivity index (χ4n) is 2.47. The SMILES string of the molecule is O=C(CN1CCOC(CO)C1)N1CCCCC1. The van der Waals surface area contributed by atoms with Crippen LogP contribution in [0.15, 0.2) is 0 Å². The third-order valence-corrected chi connectivity index (χ3v) is 3.49. The van der Waals surface area contributed by atoms with Crippen LogP contribution >= 0.6 is 0 Å². The molecule has 2 fully saturated rings. The van der Waals surface area contributed by atoms with Gasteiger partial charge in [0.2, 0.25) is 5.91 Å². The number of hydrogen-bond donors (Lipinski definition) is 1. The van der Waals surface area contributed by atoms with Gasteiger partial charge in [0.05, 0.1) is 25.9 Å². The summed E-state index contributed by atoms with van der Waals surface area (Å²) in [5, 5.41) is 9.04. The maximum atomic E-state index is 12.0. The van der Waals surface area contributed by atoms with E-state index in [4.69, 9.17) is 9.84 Å². The number of morpholine rings is 1. The lowest BCUT2D eigenvalue weighted by molar-refractivity contribution is -0.135. The van der Waals surface area contributed by atoms with Crippen LogP contribution in [0.3, 0.4) is 0 Å². The summed E-state index contributed by atoms with van der Waals surface area (Å²) >= 11 is 0. The molecule has 1 amide bonds. The third kappa shape index (κ3) is 3.66. The first kappa shape index (κ1) is 12.8. The van der Waals surface area contributed by atoms with Crippen molar-refractivity contribution in [2.75, 3.05) is 45.9 Å². The lowest BCUT2D eigenvalue weighted by atomic mass is 10.1. The van der Waals surface area contributed by atoms with Crippen LogP contribution in [0.5, 0.6) is 0 Å². The summed E-state index contributed by atoms with van der Waals surface area (Å²) in [4.78, 5) is 16.1. The highest BCUT2D eigenvalue weighted by molar-refractivity contribution is 5.78. The number of carbonyl (C=O) groups excluding carboxylic acids is 1. The molecule has 2 aliphatic rings. The molecule has 2 saturated heterocycles. The van der Waals surface area contributed by atoms with E-state index < -0.39 is 0 Å². The summed E-state index contributed by atoms with van der Waals surface area (Å²) in [5.41, 5.74) is 0. The summed E-state index contributed by atoms with van der Waals surface area (Å²) in [6.45, 7) is 4.39. The van der Waals surface area contributed by atoms with E-state index in [0.29, 0.717) is 19.7 Å². The van der Waals surface area contributed by atoms with Crippen molar-refractivity contribution in [1.82, 2.24) is 9.80 Å². The summed E-state index contributed by atoms with van der Waals surface area (Å²) in [6, 6.07) is 0. The minimum Gasteiger partial charge on any atom is -0.394 e. The lowest BCUT2D eigenvalue weighted by Crippen LogP contribution is -2.49. The topological polar surface area (TPSA) is 53.0 Å². The van der Waals surface area contributed by atoms with Gasteiger partial charge < -0.3 is 14.7 Å². The molecule has 0 radical (unpaired) electrons. The molecule has 0 bridgehead atoms. The molecule has 1 N–H and O–H groups in total. The molecule has 2 aliphatic heterocycles. The predicted molar refractivity (Wildman–Crippen MR) is 63.7 cm³/mol. The van der Waals surface area contributed by atoms with Crippen molar-refractivity contribution >= 4 is 5.91 Å². The van der Waals surface area contributed by atoms with Gasteiger partial charge in [0.25, 0.3) is 0 Å². The van der Waals surface area contributed by atoms with Crippen molar-refractivity contribution < 1.29 is 14.6 Å². The monoisotopic (exact) mass is 242 g/mol. The van der Waals surface area contributed by atoms with Gasteiger partial charge in [0.15, 0.2) is 0 Å². The number of likely N-dealkylation sites (tertiary alicyclic amines) is 1. The molecular formula is C12H22N2O3. The van der Waals surface area contributed by atoms with Gasteiger partial charge in [-0.2, -0.15) is 0 Å². The Balaban J connectivity index is 1.77. The molecule has 1 atom stereocenters. The van der Waals surface area contributed by atoms with Gasteiger partial charge in [-0.1, -0.05) is 0 Å². The number of aliphatic hydroxyl groups is 1. The molecule has 0 aliphatic carbocycles. The maximum absolute atomic E-state index is 12.0. The molecule has 1 unspecified atom stereocenters. The van der Waals surface area contributed by atoms with Crippen LogP contribution in [0.1, 0.15) is 19.3 Å². The Morgan fingerprint density at radius 1 is 1.24 bits per heavy atom. The zero-order chi connectivity index (χ0) is 12.1. The first-order chi connectivity index (χ1) is 8.29. The highest BCUT2D eigenvalue weighted by Gasteiger charge is 2.24. The molecular weight excluding hydrogens is 220 g/mol. The molecule has 0 saturated carbocycles. The Bertz CT molecular complexity index is 254. The smallest absolute Gasteiger partial charge is 0.236 e. The summed E-state index contributed by atoms with van der Waals surface area (Å²) in [6.07, 6.45) is 3.38. The average Bonchev–Trinajstić information content (AvgIpc) is 2.40. The van der Waals surface area contributed by atoms with Crippen LogP contribution in [0, 0.1) is 0 Å². The standard InChI is InChI=1S/C12H22N2O3/c15-10-11-8-13(6-7-17-11)9-12(16)14-4-2-1-3-5-14/h11,15H,1-10H2.